The Morgan fingerprint density at radius 1 is 1.45 bits per heavy atom. The van der Waals surface area contributed by atoms with Crippen LogP contribution in [0.25, 0.3) is 0 Å². The molecule has 2 amide bonds. The molecule has 1 aliphatic heterocycles. The second-order valence-corrected chi connectivity index (χ2v) is 5.34. The summed E-state index contributed by atoms with van der Waals surface area (Å²) in [6.07, 6.45) is 0.145. The lowest BCUT2D eigenvalue weighted by atomic mass is 9.97. The zero-order chi connectivity index (χ0) is 16.1. The first-order chi connectivity index (χ1) is 10.5. The van der Waals surface area contributed by atoms with Gasteiger partial charge in [-0.3, -0.25) is 9.59 Å². The van der Waals surface area contributed by atoms with Gasteiger partial charge in [0.2, 0.25) is 0 Å². The van der Waals surface area contributed by atoms with Crippen LogP contribution < -0.4 is 5.32 Å². The van der Waals surface area contributed by atoms with Crippen LogP contribution in [0.2, 0.25) is 5.02 Å². The molecule has 1 fully saturated rings. The molecule has 1 aliphatic rings. The van der Waals surface area contributed by atoms with E-state index in [9.17, 15) is 14.4 Å². The van der Waals surface area contributed by atoms with Crippen LogP contribution in [0, 0.1) is 5.92 Å². The monoisotopic (exact) mass is 324 g/mol. The Labute approximate surface area is 133 Å². The molecule has 6 nitrogen and oxygen atoms in total. The van der Waals surface area contributed by atoms with Crippen molar-refractivity contribution < 1.29 is 19.1 Å². The second kappa shape index (κ2) is 7.26. The van der Waals surface area contributed by atoms with E-state index in [0.717, 1.165) is 0 Å². The molecule has 1 heterocycles. The van der Waals surface area contributed by atoms with Crippen LogP contribution in [-0.2, 0) is 14.3 Å². The zero-order valence-corrected chi connectivity index (χ0v) is 12.9. The summed E-state index contributed by atoms with van der Waals surface area (Å²) in [7, 11) is 0. The van der Waals surface area contributed by atoms with Crippen molar-refractivity contribution >= 4 is 35.1 Å². The number of carbonyl (C=O) groups excluding carboxylic acids is 3. The molecule has 7 heteroatoms. The van der Waals surface area contributed by atoms with Crippen molar-refractivity contribution in [1.82, 2.24) is 4.90 Å². The molecular formula is C15H17ClN2O4. The van der Waals surface area contributed by atoms with Gasteiger partial charge in [0, 0.05) is 30.2 Å². The minimum atomic E-state index is -0.904. The van der Waals surface area contributed by atoms with E-state index in [1.165, 1.54) is 4.90 Å². The van der Waals surface area contributed by atoms with E-state index < -0.39 is 11.9 Å². The highest BCUT2D eigenvalue weighted by Crippen LogP contribution is 2.18. The molecule has 118 valence electrons. The van der Waals surface area contributed by atoms with Crippen LogP contribution in [0.15, 0.2) is 24.3 Å². The first kappa shape index (κ1) is 16.3. The van der Waals surface area contributed by atoms with Crippen molar-refractivity contribution in [3.63, 3.8) is 0 Å². The number of amides is 2. The number of anilines is 1. The Morgan fingerprint density at radius 2 is 2.23 bits per heavy atom. The number of Topliss-reactive ketones (excluding diaryl/α,β-unsaturated/α-hetero) is 1. The second-order valence-electron chi connectivity index (χ2n) is 4.91. The fourth-order valence-corrected chi connectivity index (χ4v) is 2.43. The summed E-state index contributed by atoms with van der Waals surface area (Å²) in [5.41, 5.74) is 0.557. The molecule has 0 saturated carbocycles. The van der Waals surface area contributed by atoms with Gasteiger partial charge in [0.1, 0.15) is 5.92 Å². The smallest absolute Gasteiger partial charge is 0.321 e. The van der Waals surface area contributed by atoms with Crippen molar-refractivity contribution in [3.8, 4) is 0 Å². The van der Waals surface area contributed by atoms with E-state index in [1.807, 2.05) is 0 Å². The predicted molar refractivity (Wildman–Crippen MR) is 81.8 cm³/mol. The van der Waals surface area contributed by atoms with Crippen LogP contribution in [0.1, 0.15) is 13.3 Å². The summed E-state index contributed by atoms with van der Waals surface area (Å²) >= 11 is 5.86. The van der Waals surface area contributed by atoms with Gasteiger partial charge in [0.25, 0.3) is 0 Å². The highest BCUT2D eigenvalue weighted by molar-refractivity contribution is 6.30. The first-order valence-corrected chi connectivity index (χ1v) is 7.40. The number of nitrogens with one attached hydrogen (secondary N) is 1. The summed E-state index contributed by atoms with van der Waals surface area (Å²) in [5, 5.41) is 3.21. The number of piperidine rings is 1. The van der Waals surface area contributed by atoms with E-state index >= 15 is 0 Å². The lowest BCUT2D eigenvalue weighted by Gasteiger charge is -2.30. The third kappa shape index (κ3) is 3.98. The molecule has 22 heavy (non-hydrogen) atoms. The lowest BCUT2D eigenvalue weighted by molar-refractivity contribution is -0.153. The number of ether oxygens (including phenoxy) is 1. The van der Waals surface area contributed by atoms with Crippen LogP contribution >= 0.6 is 11.6 Å². The molecular weight excluding hydrogens is 308 g/mol. The number of halogens is 1. The van der Waals surface area contributed by atoms with Gasteiger partial charge in [-0.25, -0.2) is 4.79 Å². The molecule has 0 spiro atoms. The summed E-state index contributed by atoms with van der Waals surface area (Å²) in [6, 6.07) is 6.38. The number of hydrogen-bond acceptors (Lipinski definition) is 4. The zero-order valence-electron chi connectivity index (χ0n) is 12.2. The highest BCUT2D eigenvalue weighted by Gasteiger charge is 2.35. The molecule has 0 aliphatic carbocycles. The highest BCUT2D eigenvalue weighted by atomic mass is 35.5. The normalized spacial score (nSPS) is 18.0. The van der Waals surface area contributed by atoms with Crippen LogP contribution in [0.3, 0.4) is 0 Å². The SMILES string of the molecule is CCOC(=O)C1CN(C(=O)Nc2cccc(Cl)c2)CCC1=O. The number of urea groups is 1. The number of hydrogen-bond donors (Lipinski definition) is 1. The molecule has 0 bridgehead atoms. The molecule has 1 N–H and O–H groups in total. The third-order valence-electron chi connectivity index (χ3n) is 3.35. The maximum absolute atomic E-state index is 12.2. The Hall–Kier alpha value is -2.08. The number of benzene rings is 1. The van der Waals surface area contributed by atoms with E-state index in [-0.39, 0.29) is 37.9 Å². The van der Waals surface area contributed by atoms with Gasteiger partial charge in [-0.2, -0.15) is 0 Å². The van der Waals surface area contributed by atoms with Gasteiger partial charge >= 0.3 is 12.0 Å². The quantitative estimate of drug-likeness (QED) is 0.684. The maximum Gasteiger partial charge on any atom is 0.321 e. The summed E-state index contributed by atoms with van der Waals surface area (Å²) in [4.78, 5) is 37.2. The van der Waals surface area contributed by atoms with E-state index in [1.54, 1.807) is 31.2 Å². The van der Waals surface area contributed by atoms with Gasteiger partial charge in [-0.05, 0) is 25.1 Å². The Balaban J connectivity index is 2.01. The molecule has 1 unspecified atom stereocenters. The molecule has 0 aromatic heterocycles. The van der Waals surface area contributed by atoms with Crippen LogP contribution in [0.5, 0.6) is 0 Å². The predicted octanol–water partition coefficient (Wildman–Crippen LogP) is 2.33. The fraction of sp³-hybridized carbons (Fsp3) is 0.400. The van der Waals surface area contributed by atoms with Crippen molar-refractivity contribution in [2.24, 2.45) is 5.92 Å². The van der Waals surface area contributed by atoms with E-state index in [2.05, 4.69) is 5.32 Å². The average molecular weight is 325 g/mol. The standard InChI is InChI=1S/C15H17ClN2O4/c1-2-22-14(20)12-9-18(7-6-13(12)19)15(21)17-11-5-3-4-10(16)8-11/h3-5,8,12H,2,6-7,9H2,1H3,(H,17,21). The Bertz CT molecular complexity index is 591. The molecule has 1 aromatic carbocycles. The minimum absolute atomic E-state index is 0.0318. The fourth-order valence-electron chi connectivity index (χ4n) is 2.23. The van der Waals surface area contributed by atoms with E-state index in [4.69, 9.17) is 16.3 Å². The number of rotatable bonds is 3. The molecule has 1 atom stereocenters. The van der Waals surface area contributed by atoms with Crippen molar-refractivity contribution in [2.45, 2.75) is 13.3 Å². The number of likely N-dealkylation sites (tertiary alicyclic amines) is 1. The Morgan fingerprint density at radius 3 is 2.91 bits per heavy atom. The number of esters is 1. The number of nitrogens with zero attached hydrogens (tertiary/aromatic N) is 1. The minimum Gasteiger partial charge on any atom is -0.465 e. The summed E-state index contributed by atoms with van der Waals surface area (Å²) in [5.74, 6) is -1.67. The first-order valence-electron chi connectivity index (χ1n) is 7.02. The average Bonchev–Trinajstić information content (AvgIpc) is 2.47. The van der Waals surface area contributed by atoms with Crippen LogP contribution in [0.4, 0.5) is 10.5 Å². The molecule has 2 rings (SSSR count). The Kier molecular flexibility index (Phi) is 5.38. The number of ketones is 1. The molecule has 1 saturated heterocycles. The van der Waals surface area contributed by atoms with Gasteiger partial charge in [0.15, 0.2) is 5.78 Å². The van der Waals surface area contributed by atoms with Gasteiger partial charge in [-0.15, -0.1) is 0 Å². The van der Waals surface area contributed by atoms with Crippen molar-refractivity contribution in [2.75, 3.05) is 25.0 Å². The van der Waals surface area contributed by atoms with Crippen molar-refractivity contribution in [3.05, 3.63) is 29.3 Å². The van der Waals surface area contributed by atoms with Crippen LogP contribution in [-0.4, -0.2) is 42.4 Å². The molecule has 1 aromatic rings. The maximum atomic E-state index is 12.2. The van der Waals surface area contributed by atoms with Gasteiger partial charge < -0.3 is 15.0 Å². The largest absolute Gasteiger partial charge is 0.465 e. The van der Waals surface area contributed by atoms with E-state index in [0.29, 0.717) is 10.7 Å². The summed E-state index contributed by atoms with van der Waals surface area (Å²) in [6.45, 7) is 2.19. The summed E-state index contributed by atoms with van der Waals surface area (Å²) < 4.78 is 4.88. The van der Waals surface area contributed by atoms with Gasteiger partial charge in [-0.1, -0.05) is 17.7 Å². The lowest BCUT2D eigenvalue weighted by Crippen LogP contribution is -2.48. The third-order valence-corrected chi connectivity index (χ3v) is 3.59. The van der Waals surface area contributed by atoms with Gasteiger partial charge in [0.05, 0.1) is 6.61 Å². The molecule has 0 radical (unpaired) electrons. The number of carbonyl (C=O) groups is 3. The van der Waals surface area contributed by atoms with Crippen molar-refractivity contribution in [1.29, 1.82) is 0 Å². The topological polar surface area (TPSA) is 75.7 Å².